The van der Waals surface area contributed by atoms with Crippen molar-refractivity contribution in [1.29, 1.82) is 0 Å². The van der Waals surface area contributed by atoms with Gasteiger partial charge in [-0.05, 0) is 74.2 Å². The second-order valence-electron chi connectivity index (χ2n) is 8.96. The molecule has 0 bridgehead atoms. The molecule has 35 heavy (non-hydrogen) atoms. The van der Waals surface area contributed by atoms with Gasteiger partial charge in [-0.2, -0.15) is 0 Å². The second kappa shape index (κ2) is 10.7. The summed E-state index contributed by atoms with van der Waals surface area (Å²) >= 11 is 6.46. The number of methoxy groups -OCH3 is 1. The number of ether oxygens (including phenoxy) is 1. The van der Waals surface area contributed by atoms with Crippen molar-refractivity contribution in [2.75, 3.05) is 26.7 Å². The summed E-state index contributed by atoms with van der Waals surface area (Å²) in [5.41, 5.74) is 1.06. The monoisotopic (exact) mass is 500 g/mol. The number of nitrogens with zero attached hydrogens (tertiary/aromatic N) is 2. The van der Waals surface area contributed by atoms with E-state index < -0.39 is 23.0 Å². The molecule has 5 nitrogen and oxygen atoms in total. The molecule has 1 aliphatic rings. The van der Waals surface area contributed by atoms with Gasteiger partial charge in [0.2, 0.25) is 0 Å². The molecular weight excluding hydrogens is 474 g/mol. The molecule has 1 atom stereocenters. The summed E-state index contributed by atoms with van der Waals surface area (Å²) in [5.74, 6) is -1.10. The van der Waals surface area contributed by atoms with Crippen LogP contribution in [0.15, 0.2) is 48.7 Å². The first-order chi connectivity index (χ1) is 16.8. The average Bonchev–Trinajstić information content (AvgIpc) is 3.27. The lowest BCUT2D eigenvalue weighted by Crippen LogP contribution is -2.35. The highest BCUT2D eigenvalue weighted by atomic mass is 35.5. The van der Waals surface area contributed by atoms with Crippen molar-refractivity contribution < 1.29 is 23.4 Å². The smallest absolute Gasteiger partial charge is 0.310 e. The number of benzene rings is 2. The van der Waals surface area contributed by atoms with Gasteiger partial charge in [0, 0.05) is 30.2 Å². The zero-order valence-corrected chi connectivity index (χ0v) is 20.2. The number of rotatable bonds is 9. The SMILES string of the molecule is COc1ccc2ncc(Cl)c(CCCC3(C(=O)O)CCN(C/C=C/c4cc(F)ccc4F)C3)c2c1. The summed E-state index contributed by atoms with van der Waals surface area (Å²) in [7, 11) is 1.60. The number of aliphatic carboxylic acids is 1. The summed E-state index contributed by atoms with van der Waals surface area (Å²) in [5, 5.41) is 11.5. The minimum atomic E-state index is -0.856. The number of carbonyl (C=O) groups is 1. The molecule has 1 saturated heterocycles. The van der Waals surface area contributed by atoms with Crippen molar-refractivity contribution in [3.8, 4) is 5.75 Å². The molecule has 1 N–H and O–H groups in total. The fourth-order valence-corrected chi connectivity index (χ4v) is 5.00. The summed E-state index contributed by atoms with van der Waals surface area (Å²) in [6.45, 7) is 1.49. The van der Waals surface area contributed by atoms with Gasteiger partial charge in [-0.25, -0.2) is 8.78 Å². The van der Waals surface area contributed by atoms with Gasteiger partial charge in [0.15, 0.2) is 0 Å². The van der Waals surface area contributed by atoms with Crippen molar-refractivity contribution in [2.45, 2.75) is 25.7 Å². The van der Waals surface area contributed by atoms with Crippen LogP contribution in [0.25, 0.3) is 17.0 Å². The highest BCUT2D eigenvalue weighted by Crippen LogP contribution is 2.37. The van der Waals surface area contributed by atoms with Crippen molar-refractivity contribution in [1.82, 2.24) is 9.88 Å². The Balaban J connectivity index is 1.41. The Hall–Kier alpha value is -3.03. The number of carboxylic acid groups (broad SMARTS) is 1. The first kappa shape index (κ1) is 25.1. The number of aryl methyl sites for hydroxylation is 1. The number of hydrogen-bond donors (Lipinski definition) is 1. The number of halogens is 3. The molecular formula is C27H27ClF2N2O3. The Morgan fingerprint density at radius 2 is 2.11 bits per heavy atom. The van der Waals surface area contributed by atoms with Crippen molar-refractivity contribution in [2.24, 2.45) is 5.41 Å². The van der Waals surface area contributed by atoms with Gasteiger partial charge in [-0.3, -0.25) is 14.7 Å². The van der Waals surface area contributed by atoms with E-state index >= 15 is 0 Å². The third-order valence-corrected chi connectivity index (χ3v) is 7.05. The molecule has 0 aliphatic carbocycles. The van der Waals surface area contributed by atoms with E-state index in [9.17, 15) is 18.7 Å². The predicted molar refractivity (Wildman–Crippen MR) is 133 cm³/mol. The molecule has 1 fully saturated rings. The van der Waals surface area contributed by atoms with Crippen LogP contribution in [0.5, 0.6) is 5.75 Å². The van der Waals surface area contributed by atoms with Crippen LogP contribution >= 0.6 is 11.6 Å². The van der Waals surface area contributed by atoms with Gasteiger partial charge >= 0.3 is 5.97 Å². The third-order valence-electron chi connectivity index (χ3n) is 6.72. The van der Waals surface area contributed by atoms with Crippen LogP contribution in [0.1, 0.15) is 30.4 Å². The normalized spacial score (nSPS) is 18.5. The average molecular weight is 501 g/mol. The highest BCUT2D eigenvalue weighted by Gasteiger charge is 2.43. The van der Waals surface area contributed by atoms with E-state index in [1.807, 2.05) is 23.1 Å². The molecule has 2 heterocycles. The van der Waals surface area contributed by atoms with Crippen molar-refractivity contribution >= 4 is 34.5 Å². The van der Waals surface area contributed by atoms with Gasteiger partial charge in [0.05, 0.1) is 23.1 Å². The molecule has 2 aromatic carbocycles. The fraction of sp³-hybridized carbons (Fsp3) is 0.333. The lowest BCUT2D eigenvalue weighted by Gasteiger charge is -2.25. The number of aromatic nitrogens is 1. The first-order valence-electron chi connectivity index (χ1n) is 11.5. The molecule has 0 amide bonds. The van der Waals surface area contributed by atoms with Gasteiger partial charge < -0.3 is 9.84 Å². The molecule has 184 valence electrons. The maximum Gasteiger partial charge on any atom is 0.310 e. The van der Waals surface area contributed by atoms with E-state index in [0.29, 0.717) is 56.1 Å². The number of likely N-dealkylation sites (tertiary alicyclic amines) is 1. The van der Waals surface area contributed by atoms with Crippen LogP contribution in [-0.2, 0) is 11.2 Å². The van der Waals surface area contributed by atoms with Gasteiger partial charge in [0.25, 0.3) is 0 Å². The molecule has 4 rings (SSSR count). The molecule has 1 unspecified atom stereocenters. The van der Waals surface area contributed by atoms with Gasteiger partial charge in [-0.15, -0.1) is 0 Å². The van der Waals surface area contributed by atoms with E-state index in [0.717, 1.165) is 34.7 Å². The van der Waals surface area contributed by atoms with E-state index in [4.69, 9.17) is 16.3 Å². The van der Waals surface area contributed by atoms with Gasteiger partial charge in [0.1, 0.15) is 17.4 Å². The van der Waals surface area contributed by atoms with Crippen LogP contribution in [-0.4, -0.2) is 47.7 Å². The van der Waals surface area contributed by atoms with Crippen LogP contribution in [0, 0.1) is 17.0 Å². The largest absolute Gasteiger partial charge is 0.497 e. The van der Waals surface area contributed by atoms with E-state index in [1.165, 1.54) is 6.08 Å². The summed E-state index contributed by atoms with van der Waals surface area (Å²) in [6.07, 6.45) is 7.22. The van der Waals surface area contributed by atoms with Crippen molar-refractivity contribution in [3.63, 3.8) is 0 Å². The quantitative estimate of drug-likeness (QED) is 0.391. The van der Waals surface area contributed by atoms with Crippen LogP contribution < -0.4 is 4.74 Å². The van der Waals surface area contributed by atoms with E-state index in [1.54, 1.807) is 19.4 Å². The topological polar surface area (TPSA) is 62.7 Å². The summed E-state index contributed by atoms with van der Waals surface area (Å²) in [6, 6.07) is 8.94. The summed E-state index contributed by atoms with van der Waals surface area (Å²) < 4.78 is 32.5. The minimum Gasteiger partial charge on any atom is -0.497 e. The number of pyridine rings is 1. The molecule has 8 heteroatoms. The van der Waals surface area contributed by atoms with E-state index in [2.05, 4.69) is 4.98 Å². The Kier molecular flexibility index (Phi) is 7.67. The standard InChI is InChI=1S/C27H27ClF2N2O3/c1-35-20-7-9-25-22(15-20)21(23(28)16-31-25)5-2-10-27(26(33)34)11-13-32(17-27)12-3-4-18-14-19(29)6-8-24(18)30/h3-4,6-9,14-16H,2,5,10-13,17H2,1H3,(H,33,34)/b4-3+. The highest BCUT2D eigenvalue weighted by molar-refractivity contribution is 6.32. The molecule has 1 aromatic heterocycles. The maximum atomic E-state index is 13.8. The molecule has 3 aromatic rings. The third kappa shape index (κ3) is 5.63. The first-order valence-corrected chi connectivity index (χ1v) is 11.9. The fourth-order valence-electron chi connectivity index (χ4n) is 4.76. The zero-order chi connectivity index (χ0) is 25.0. The Bertz CT molecular complexity index is 1270. The molecule has 0 radical (unpaired) electrons. The summed E-state index contributed by atoms with van der Waals surface area (Å²) in [4.78, 5) is 18.7. The van der Waals surface area contributed by atoms with Crippen molar-refractivity contribution in [3.05, 3.63) is 76.5 Å². The number of fused-ring (bicyclic) bond motifs is 1. The molecule has 1 aliphatic heterocycles. The Morgan fingerprint density at radius 3 is 2.89 bits per heavy atom. The van der Waals surface area contributed by atoms with Crippen LogP contribution in [0.2, 0.25) is 5.02 Å². The molecule has 0 spiro atoms. The lowest BCUT2D eigenvalue weighted by atomic mass is 9.81. The van der Waals surface area contributed by atoms with E-state index in [-0.39, 0.29) is 5.56 Å². The Labute approximate surface area is 208 Å². The number of carboxylic acids is 1. The lowest BCUT2D eigenvalue weighted by molar-refractivity contribution is -0.148. The predicted octanol–water partition coefficient (Wildman–Crippen LogP) is 5.99. The zero-order valence-electron chi connectivity index (χ0n) is 19.4. The van der Waals surface area contributed by atoms with Gasteiger partial charge in [-0.1, -0.05) is 23.8 Å². The Morgan fingerprint density at radius 1 is 1.29 bits per heavy atom. The number of hydrogen-bond acceptors (Lipinski definition) is 4. The maximum absolute atomic E-state index is 13.8. The van der Waals surface area contributed by atoms with Crippen LogP contribution in [0.4, 0.5) is 8.78 Å². The molecule has 0 saturated carbocycles. The van der Waals surface area contributed by atoms with Crippen LogP contribution in [0.3, 0.4) is 0 Å². The second-order valence-corrected chi connectivity index (χ2v) is 9.37. The minimum absolute atomic E-state index is 0.173.